The highest BCUT2D eigenvalue weighted by atomic mass is 79.9. The number of anilines is 2. The van der Waals surface area contributed by atoms with E-state index in [0.29, 0.717) is 16.9 Å². The number of carbonyl (C=O) groups is 1. The van der Waals surface area contributed by atoms with Crippen molar-refractivity contribution in [1.29, 1.82) is 5.26 Å². The van der Waals surface area contributed by atoms with Gasteiger partial charge in [0.25, 0.3) is 5.91 Å². The molecule has 2 aromatic carbocycles. The smallest absolute Gasteiger partial charge is 0.267 e. The zero-order chi connectivity index (χ0) is 19.8. The van der Waals surface area contributed by atoms with Crippen molar-refractivity contribution in [2.75, 3.05) is 12.4 Å². The van der Waals surface area contributed by atoms with Crippen LogP contribution in [0.25, 0.3) is 21.8 Å². The summed E-state index contributed by atoms with van der Waals surface area (Å²) >= 11 is 9.69. The molecule has 1 amide bonds. The average molecular weight is 455 g/mol. The van der Waals surface area contributed by atoms with Gasteiger partial charge in [-0.2, -0.15) is 5.26 Å². The number of halogens is 2. The number of benzene rings is 2. The lowest BCUT2D eigenvalue weighted by atomic mass is 10.1. The Hall–Kier alpha value is -3.08. The fraction of sp³-hybridized carbons (Fsp3) is 0.0500. The number of fused-ring (bicyclic) bond motifs is 2. The Morgan fingerprint density at radius 1 is 1.25 bits per heavy atom. The van der Waals surface area contributed by atoms with Gasteiger partial charge >= 0.3 is 0 Å². The number of aromatic nitrogens is 2. The minimum atomic E-state index is -0.186. The largest absolute Gasteiger partial charge is 0.354 e. The lowest BCUT2D eigenvalue weighted by Gasteiger charge is -2.13. The second-order valence-electron chi connectivity index (χ2n) is 6.12. The van der Waals surface area contributed by atoms with E-state index in [2.05, 4.69) is 42.6 Å². The van der Waals surface area contributed by atoms with E-state index < -0.39 is 0 Å². The topological polar surface area (TPSA) is 93.6 Å². The van der Waals surface area contributed by atoms with E-state index in [-0.39, 0.29) is 16.6 Å². The Kier molecular flexibility index (Phi) is 4.67. The van der Waals surface area contributed by atoms with Gasteiger partial charge in [-0.15, -0.1) is 0 Å². The highest BCUT2D eigenvalue weighted by Crippen LogP contribution is 2.35. The first kappa shape index (κ1) is 18.3. The lowest BCUT2D eigenvalue weighted by molar-refractivity contribution is 0.0959. The molecule has 0 aliphatic heterocycles. The van der Waals surface area contributed by atoms with Gasteiger partial charge in [-0.3, -0.25) is 4.79 Å². The zero-order valence-corrected chi connectivity index (χ0v) is 16.9. The van der Waals surface area contributed by atoms with Crippen LogP contribution in [0.3, 0.4) is 0 Å². The number of amides is 1. The Morgan fingerprint density at radius 3 is 2.82 bits per heavy atom. The van der Waals surface area contributed by atoms with Crippen molar-refractivity contribution in [3.63, 3.8) is 0 Å². The molecule has 2 heterocycles. The maximum absolute atomic E-state index is 11.8. The molecule has 4 rings (SSSR count). The van der Waals surface area contributed by atoms with Gasteiger partial charge in [-0.05, 0) is 42.5 Å². The highest BCUT2D eigenvalue weighted by molar-refractivity contribution is 9.10. The van der Waals surface area contributed by atoms with Crippen molar-refractivity contribution in [3.05, 3.63) is 63.3 Å². The first-order valence-corrected chi connectivity index (χ1v) is 9.48. The number of rotatable bonds is 3. The van der Waals surface area contributed by atoms with Crippen molar-refractivity contribution < 1.29 is 4.79 Å². The first-order valence-electron chi connectivity index (χ1n) is 8.31. The van der Waals surface area contributed by atoms with Crippen molar-refractivity contribution in [3.8, 4) is 6.07 Å². The van der Waals surface area contributed by atoms with Crippen LogP contribution in [0.5, 0.6) is 0 Å². The molecule has 0 aliphatic rings. The van der Waals surface area contributed by atoms with Crippen LogP contribution in [0.4, 0.5) is 11.4 Å². The van der Waals surface area contributed by atoms with Crippen LogP contribution >= 0.6 is 27.5 Å². The first-order chi connectivity index (χ1) is 13.5. The lowest BCUT2D eigenvalue weighted by Crippen LogP contribution is -2.17. The van der Waals surface area contributed by atoms with E-state index in [4.69, 9.17) is 11.6 Å². The van der Waals surface area contributed by atoms with Gasteiger partial charge in [0.15, 0.2) is 0 Å². The number of aromatic amines is 1. The summed E-state index contributed by atoms with van der Waals surface area (Å²) in [5, 5.41) is 17.3. The van der Waals surface area contributed by atoms with Gasteiger partial charge < -0.3 is 15.6 Å². The van der Waals surface area contributed by atoms with Crippen molar-refractivity contribution in [2.45, 2.75) is 0 Å². The van der Waals surface area contributed by atoms with Gasteiger partial charge in [-0.1, -0.05) is 27.5 Å². The summed E-state index contributed by atoms with van der Waals surface area (Å²) in [5.41, 5.74) is 3.61. The average Bonchev–Trinajstić information content (AvgIpc) is 3.11. The SMILES string of the molecule is CNC(=O)c1cc2cc(Nc3c(C#N)c(Cl)nc4ccc(Br)cc34)ccc2[nH]1. The molecule has 0 atom stereocenters. The number of pyridine rings is 1. The van der Waals surface area contributed by atoms with E-state index in [0.717, 1.165) is 26.4 Å². The van der Waals surface area contributed by atoms with Crippen molar-refractivity contribution >= 4 is 66.6 Å². The van der Waals surface area contributed by atoms with E-state index in [1.807, 2.05) is 36.4 Å². The fourth-order valence-corrected chi connectivity index (χ4v) is 3.64. The Labute approximate surface area is 173 Å². The van der Waals surface area contributed by atoms with Crippen LogP contribution in [0.15, 0.2) is 46.9 Å². The number of nitriles is 1. The monoisotopic (exact) mass is 453 g/mol. The van der Waals surface area contributed by atoms with Crippen LogP contribution in [0, 0.1) is 11.3 Å². The van der Waals surface area contributed by atoms with Gasteiger partial charge in [0.2, 0.25) is 0 Å². The minimum absolute atomic E-state index is 0.143. The summed E-state index contributed by atoms with van der Waals surface area (Å²) < 4.78 is 0.868. The predicted molar refractivity (Wildman–Crippen MR) is 114 cm³/mol. The van der Waals surface area contributed by atoms with Gasteiger partial charge in [0.1, 0.15) is 22.5 Å². The number of hydrogen-bond donors (Lipinski definition) is 3. The third-order valence-electron chi connectivity index (χ3n) is 4.38. The Bertz CT molecular complexity index is 1290. The molecule has 138 valence electrons. The van der Waals surface area contributed by atoms with E-state index >= 15 is 0 Å². The molecule has 6 nitrogen and oxygen atoms in total. The predicted octanol–water partition coefficient (Wildman–Crippen LogP) is 5.11. The second-order valence-corrected chi connectivity index (χ2v) is 7.39. The van der Waals surface area contributed by atoms with E-state index in [1.165, 1.54) is 0 Å². The van der Waals surface area contributed by atoms with Crippen LogP contribution in [-0.2, 0) is 0 Å². The van der Waals surface area contributed by atoms with Crippen LogP contribution < -0.4 is 10.6 Å². The Balaban J connectivity index is 1.84. The van der Waals surface area contributed by atoms with Crippen molar-refractivity contribution in [1.82, 2.24) is 15.3 Å². The number of nitrogens with zero attached hydrogens (tertiary/aromatic N) is 2. The van der Waals surface area contributed by atoms with Gasteiger partial charge in [0, 0.05) is 33.5 Å². The Morgan fingerprint density at radius 2 is 2.07 bits per heavy atom. The van der Waals surface area contributed by atoms with Crippen LogP contribution in [0.1, 0.15) is 16.1 Å². The molecule has 0 bridgehead atoms. The molecule has 8 heteroatoms. The molecule has 3 N–H and O–H groups in total. The summed E-state index contributed by atoms with van der Waals surface area (Å²) in [6.07, 6.45) is 0. The number of hydrogen-bond acceptors (Lipinski definition) is 4. The van der Waals surface area contributed by atoms with E-state index in [9.17, 15) is 10.1 Å². The third kappa shape index (κ3) is 3.17. The molecular formula is C20H13BrClN5O. The summed E-state index contributed by atoms with van der Waals surface area (Å²) in [6.45, 7) is 0. The normalized spacial score (nSPS) is 10.8. The maximum Gasteiger partial charge on any atom is 0.267 e. The number of H-pyrrole nitrogens is 1. The third-order valence-corrected chi connectivity index (χ3v) is 5.14. The molecule has 0 radical (unpaired) electrons. The summed E-state index contributed by atoms with van der Waals surface area (Å²) in [6, 6.07) is 15.1. The zero-order valence-electron chi connectivity index (χ0n) is 14.6. The number of carbonyl (C=O) groups excluding carboxylic acids is 1. The fourth-order valence-electron chi connectivity index (χ4n) is 3.05. The molecule has 4 aromatic rings. The molecule has 0 saturated heterocycles. The standard InChI is InChI=1S/C20H13BrClN5O/c1-24-20(28)17-7-10-6-12(3-5-15(10)26-17)25-18-13-8-11(21)2-4-16(13)27-19(22)14(18)9-23/h2-8,26H,1H3,(H,24,28)(H,25,27). The molecule has 2 aromatic heterocycles. The maximum atomic E-state index is 11.8. The van der Waals surface area contributed by atoms with Crippen molar-refractivity contribution in [2.24, 2.45) is 0 Å². The molecular weight excluding hydrogens is 442 g/mol. The highest BCUT2D eigenvalue weighted by Gasteiger charge is 2.15. The van der Waals surface area contributed by atoms with E-state index in [1.54, 1.807) is 13.1 Å². The van der Waals surface area contributed by atoms with Gasteiger partial charge in [0.05, 0.1) is 11.2 Å². The molecule has 0 fully saturated rings. The van der Waals surface area contributed by atoms with Crippen LogP contribution in [0.2, 0.25) is 5.15 Å². The van der Waals surface area contributed by atoms with Crippen LogP contribution in [-0.4, -0.2) is 22.9 Å². The molecule has 0 spiro atoms. The second kappa shape index (κ2) is 7.15. The molecule has 0 unspecified atom stereocenters. The minimum Gasteiger partial charge on any atom is -0.354 e. The quantitative estimate of drug-likeness (QED) is 0.375. The summed E-state index contributed by atoms with van der Waals surface area (Å²) in [7, 11) is 1.58. The molecule has 0 aliphatic carbocycles. The summed E-state index contributed by atoms with van der Waals surface area (Å²) in [5.74, 6) is -0.186. The number of nitrogens with one attached hydrogen (secondary N) is 3. The molecule has 28 heavy (non-hydrogen) atoms. The molecule has 0 saturated carbocycles. The van der Waals surface area contributed by atoms with Gasteiger partial charge in [-0.25, -0.2) is 4.98 Å². The summed E-state index contributed by atoms with van der Waals surface area (Å²) in [4.78, 5) is 19.2.